The summed E-state index contributed by atoms with van der Waals surface area (Å²) in [6.45, 7) is 5.66. The van der Waals surface area contributed by atoms with Crippen molar-refractivity contribution in [3.8, 4) is 0 Å². The Hall–Kier alpha value is -2.22. The van der Waals surface area contributed by atoms with Gasteiger partial charge < -0.3 is 16.0 Å². The van der Waals surface area contributed by atoms with Gasteiger partial charge in [0, 0.05) is 63.8 Å². The van der Waals surface area contributed by atoms with E-state index in [1.54, 1.807) is 12.4 Å². The first-order valence-electron chi connectivity index (χ1n) is 8.58. The van der Waals surface area contributed by atoms with Gasteiger partial charge >= 0.3 is 0 Å². The van der Waals surface area contributed by atoms with Crippen molar-refractivity contribution in [2.75, 3.05) is 44.2 Å². The van der Waals surface area contributed by atoms with Crippen LogP contribution in [0.3, 0.4) is 0 Å². The molecule has 1 amide bonds. The van der Waals surface area contributed by atoms with Crippen LogP contribution in [0.2, 0.25) is 0 Å². The van der Waals surface area contributed by atoms with E-state index in [1.165, 1.54) is 0 Å². The molecule has 1 aromatic heterocycles. The van der Waals surface area contributed by atoms with Crippen molar-refractivity contribution in [2.45, 2.75) is 6.54 Å². The Morgan fingerprint density at radius 3 is 2.35 bits per heavy atom. The molecule has 0 unspecified atom stereocenters. The quantitative estimate of drug-likeness (QED) is 0.779. The minimum atomic E-state index is -0.0418. The van der Waals surface area contributed by atoms with E-state index in [2.05, 4.69) is 25.1 Å². The first-order chi connectivity index (χ1) is 12.3. The molecule has 1 aliphatic rings. The van der Waals surface area contributed by atoms with Crippen molar-refractivity contribution in [1.29, 1.82) is 0 Å². The molecule has 1 aromatic carbocycles. The molecule has 3 rings (SSSR count). The van der Waals surface area contributed by atoms with Crippen molar-refractivity contribution >= 4 is 24.3 Å². The Bertz CT molecular complexity index is 674. The monoisotopic (exact) mass is 376 g/mol. The highest BCUT2D eigenvalue weighted by molar-refractivity contribution is 5.94. The minimum Gasteiger partial charge on any atom is -0.351 e. The molecule has 7 nitrogen and oxygen atoms in total. The summed E-state index contributed by atoms with van der Waals surface area (Å²) in [5.74, 6) is 0.747. The summed E-state index contributed by atoms with van der Waals surface area (Å²) >= 11 is 0. The minimum absolute atomic E-state index is 0. The fourth-order valence-electron chi connectivity index (χ4n) is 2.85. The summed E-state index contributed by atoms with van der Waals surface area (Å²) in [5.41, 5.74) is 7.26. The van der Waals surface area contributed by atoms with Gasteiger partial charge in [0.15, 0.2) is 0 Å². The van der Waals surface area contributed by atoms with Crippen LogP contribution in [0, 0.1) is 0 Å². The van der Waals surface area contributed by atoms with Crippen LogP contribution in [-0.4, -0.2) is 60.0 Å². The van der Waals surface area contributed by atoms with Crippen LogP contribution in [0.5, 0.6) is 0 Å². The number of aromatic nitrogens is 2. The molecule has 3 N–H and O–H groups in total. The van der Waals surface area contributed by atoms with Gasteiger partial charge in [0.2, 0.25) is 5.95 Å². The third kappa shape index (κ3) is 5.39. The van der Waals surface area contributed by atoms with Crippen LogP contribution in [0.25, 0.3) is 0 Å². The molecule has 0 aliphatic carbocycles. The van der Waals surface area contributed by atoms with E-state index in [-0.39, 0.29) is 18.3 Å². The predicted octanol–water partition coefficient (Wildman–Crippen LogP) is 0.909. The third-order valence-electron chi connectivity index (χ3n) is 4.37. The summed E-state index contributed by atoms with van der Waals surface area (Å²) in [6, 6.07) is 9.23. The standard InChI is InChI=1S/C18H24N6O.ClH/c19-14-15-2-4-16(5-3-15)17(25)20-8-9-23-10-12-24(13-11-23)18-21-6-1-7-22-18;/h1-7H,8-14,19H2,(H,20,25);1H. The summed E-state index contributed by atoms with van der Waals surface area (Å²) < 4.78 is 0. The second-order valence-electron chi connectivity index (χ2n) is 6.03. The fraction of sp³-hybridized carbons (Fsp3) is 0.389. The Balaban J connectivity index is 0.00000243. The number of amides is 1. The number of halogens is 1. The number of hydrogen-bond acceptors (Lipinski definition) is 6. The summed E-state index contributed by atoms with van der Waals surface area (Å²) in [7, 11) is 0. The SMILES string of the molecule is Cl.NCc1ccc(C(=O)NCCN2CCN(c3ncccn3)CC2)cc1. The maximum atomic E-state index is 12.1. The number of hydrogen-bond donors (Lipinski definition) is 2. The second-order valence-corrected chi connectivity index (χ2v) is 6.03. The van der Waals surface area contributed by atoms with Crippen LogP contribution in [-0.2, 0) is 6.54 Å². The maximum Gasteiger partial charge on any atom is 0.251 e. The number of carbonyl (C=O) groups excluding carboxylic acids is 1. The Kier molecular flexibility index (Phi) is 7.77. The van der Waals surface area contributed by atoms with E-state index < -0.39 is 0 Å². The summed E-state index contributed by atoms with van der Waals surface area (Å²) in [6.07, 6.45) is 3.54. The maximum absolute atomic E-state index is 12.1. The van der Waals surface area contributed by atoms with Crippen LogP contribution in [0.1, 0.15) is 15.9 Å². The molecule has 8 heteroatoms. The second kappa shape index (κ2) is 10.1. The van der Waals surface area contributed by atoms with Crippen molar-refractivity contribution < 1.29 is 4.79 Å². The largest absolute Gasteiger partial charge is 0.351 e. The Morgan fingerprint density at radius 2 is 1.73 bits per heavy atom. The molecule has 1 aliphatic heterocycles. The average molecular weight is 377 g/mol. The van der Waals surface area contributed by atoms with Gasteiger partial charge in [-0.15, -0.1) is 12.4 Å². The van der Waals surface area contributed by atoms with E-state index in [0.717, 1.165) is 44.2 Å². The predicted molar refractivity (Wildman–Crippen MR) is 105 cm³/mol. The molecule has 0 spiro atoms. The number of anilines is 1. The number of carbonyl (C=O) groups is 1. The molecule has 140 valence electrons. The van der Waals surface area contributed by atoms with E-state index in [0.29, 0.717) is 18.7 Å². The molecule has 2 aromatic rings. The van der Waals surface area contributed by atoms with Gasteiger partial charge in [0.1, 0.15) is 0 Å². The van der Waals surface area contributed by atoms with Gasteiger partial charge in [-0.2, -0.15) is 0 Å². The lowest BCUT2D eigenvalue weighted by Crippen LogP contribution is -2.49. The van der Waals surface area contributed by atoms with Gasteiger partial charge in [0.25, 0.3) is 5.91 Å². The Labute approximate surface area is 160 Å². The number of nitrogens with zero attached hydrogens (tertiary/aromatic N) is 4. The van der Waals surface area contributed by atoms with Crippen LogP contribution >= 0.6 is 12.4 Å². The summed E-state index contributed by atoms with van der Waals surface area (Å²) in [5, 5.41) is 2.98. The van der Waals surface area contributed by atoms with Gasteiger partial charge in [-0.1, -0.05) is 12.1 Å². The molecular weight excluding hydrogens is 352 g/mol. The van der Waals surface area contributed by atoms with Crippen molar-refractivity contribution in [1.82, 2.24) is 20.2 Å². The number of nitrogens with one attached hydrogen (secondary N) is 1. The van der Waals surface area contributed by atoms with Crippen molar-refractivity contribution in [2.24, 2.45) is 5.73 Å². The fourth-order valence-corrected chi connectivity index (χ4v) is 2.85. The van der Waals surface area contributed by atoms with Crippen LogP contribution < -0.4 is 16.0 Å². The van der Waals surface area contributed by atoms with E-state index in [1.807, 2.05) is 30.3 Å². The van der Waals surface area contributed by atoms with E-state index >= 15 is 0 Å². The topological polar surface area (TPSA) is 87.4 Å². The molecule has 2 heterocycles. The van der Waals surface area contributed by atoms with Crippen molar-refractivity contribution in [3.63, 3.8) is 0 Å². The van der Waals surface area contributed by atoms with E-state index in [9.17, 15) is 4.79 Å². The molecule has 0 saturated carbocycles. The molecule has 0 radical (unpaired) electrons. The van der Waals surface area contributed by atoms with Gasteiger partial charge in [-0.25, -0.2) is 9.97 Å². The van der Waals surface area contributed by atoms with Crippen LogP contribution in [0.15, 0.2) is 42.7 Å². The number of nitrogens with two attached hydrogens (primary N) is 1. The Morgan fingerprint density at radius 1 is 1.08 bits per heavy atom. The third-order valence-corrected chi connectivity index (χ3v) is 4.37. The molecular formula is C18H25ClN6O. The number of rotatable bonds is 6. The normalized spacial score (nSPS) is 14.6. The average Bonchev–Trinajstić information content (AvgIpc) is 2.69. The highest BCUT2D eigenvalue weighted by atomic mass is 35.5. The van der Waals surface area contributed by atoms with Crippen LogP contribution in [0.4, 0.5) is 5.95 Å². The first kappa shape index (κ1) is 20.1. The lowest BCUT2D eigenvalue weighted by Gasteiger charge is -2.34. The first-order valence-corrected chi connectivity index (χ1v) is 8.58. The van der Waals surface area contributed by atoms with Gasteiger partial charge in [-0.05, 0) is 23.8 Å². The zero-order valence-electron chi connectivity index (χ0n) is 14.7. The van der Waals surface area contributed by atoms with E-state index in [4.69, 9.17) is 5.73 Å². The highest BCUT2D eigenvalue weighted by Gasteiger charge is 2.18. The zero-order valence-corrected chi connectivity index (χ0v) is 15.5. The van der Waals surface area contributed by atoms with Gasteiger partial charge in [-0.3, -0.25) is 9.69 Å². The molecule has 1 saturated heterocycles. The van der Waals surface area contributed by atoms with Gasteiger partial charge in [0.05, 0.1) is 0 Å². The molecule has 0 bridgehead atoms. The smallest absolute Gasteiger partial charge is 0.251 e. The zero-order chi connectivity index (χ0) is 17.5. The number of benzene rings is 1. The number of piperazine rings is 1. The van der Waals surface area contributed by atoms with Crippen molar-refractivity contribution in [3.05, 3.63) is 53.9 Å². The lowest BCUT2D eigenvalue weighted by molar-refractivity contribution is 0.0948. The molecule has 26 heavy (non-hydrogen) atoms. The lowest BCUT2D eigenvalue weighted by atomic mass is 10.1. The molecule has 0 atom stereocenters. The summed E-state index contributed by atoms with van der Waals surface area (Å²) in [4.78, 5) is 25.3. The molecule has 1 fully saturated rings. The highest BCUT2D eigenvalue weighted by Crippen LogP contribution is 2.09.